The van der Waals surface area contributed by atoms with Crippen LogP contribution in [-0.2, 0) is 11.4 Å². The number of carboxylic acids is 1. The van der Waals surface area contributed by atoms with Crippen LogP contribution in [0.4, 0.5) is 0 Å². The van der Waals surface area contributed by atoms with Gasteiger partial charge >= 0.3 is 5.97 Å². The fourth-order valence-corrected chi connectivity index (χ4v) is 4.59. The zero-order chi connectivity index (χ0) is 22.5. The minimum atomic E-state index is -0.754. The van der Waals surface area contributed by atoms with Crippen LogP contribution in [0, 0.1) is 5.92 Å². The average molecular weight is 470 g/mol. The Kier molecular flexibility index (Phi) is 7.36. The van der Waals surface area contributed by atoms with Crippen molar-refractivity contribution < 1.29 is 14.6 Å². The molecule has 6 heteroatoms. The number of benzene rings is 3. The fraction of sp³-hybridized carbons (Fsp3) is 0.269. The van der Waals surface area contributed by atoms with Gasteiger partial charge < -0.3 is 9.84 Å². The summed E-state index contributed by atoms with van der Waals surface area (Å²) in [6.07, 6.45) is 1.51. The van der Waals surface area contributed by atoms with Crippen molar-refractivity contribution in [1.29, 1.82) is 0 Å². The highest BCUT2D eigenvalue weighted by molar-refractivity contribution is 6.42. The number of hydrogen-bond acceptors (Lipinski definition) is 3. The summed E-state index contributed by atoms with van der Waals surface area (Å²) in [5, 5.41) is 10.6. The van der Waals surface area contributed by atoms with Crippen molar-refractivity contribution in [2.45, 2.75) is 25.5 Å². The van der Waals surface area contributed by atoms with E-state index in [9.17, 15) is 9.90 Å². The molecule has 166 valence electrons. The number of carbonyl (C=O) groups is 1. The minimum absolute atomic E-state index is 0.195. The van der Waals surface area contributed by atoms with Gasteiger partial charge in [-0.3, -0.25) is 9.69 Å². The summed E-state index contributed by atoms with van der Waals surface area (Å²) in [6, 6.07) is 23.4. The quantitative estimate of drug-likeness (QED) is 0.431. The third-order valence-electron chi connectivity index (χ3n) is 5.88. The van der Waals surface area contributed by atoms with E-state index in [0.717, 1.165) is 35.4 Å². The lowest BCUT2D eigenvalue weighted by molar-refractivity contribution is -0.143. The van der Waals surface area contributed by atoms with Crippen LogP contribution in [0.25, 0.3) is 0 Å². The molecule has 0 bridgehead atoms. The number of nitrogens with zero attached hydrogens (tertiary/aromatic N) is 1. The molecule has 1 aliphatic rings. The van der Waals surface area contributed by atoms with Crippen molar-refractivity contribution >= 4 is 29.2 Å². The Morgan fingerprint density at radius 3 is 2.53 bits per heavy atom. The van der Waals surface area contributed by atoms with Crippen LogP contribution in [0.1, 0.15) is 35.6 Å². The molecule has 0 aliphatic carbocycles. The molecule has 2 atom stereocenters. The van der Waals surface area contributed by atoms with Gasteiger partial charge in [-0.25, -0.2) is 0 Å². The van der Waals surface area contributed by atoms with Crippen LogP contribution >= 0.6 is 23.2 Å². The normalized spacial score (nSPS) is 17.6. The van der Waals surface area contributed by atoms with E-state index < -0.39 is 11.9 Å². The largest absolute Gasteiger partial charge is 0.489 e. The second-order valence-corrected chi connectivity index (χ2v) is 8.87. The Hall–Kier alpha value is -2.53. The van der Waals surface area contributed by atoms with Gasteiger partial charge in [0, 0.05) is 12.1 Å². The maximum atomic E-state index is 11.7. The number of carboxylic acid groups (broad SMARTS) is 1. The van der Waals surface area contributed by atoms with E-state index >= 15 is 0 Å². The minimum Gasteiger partial charge on any atom is -0.489 e. The first kappa shape index (κ1) is 22.7. The highest BCUT2D eigenvalue weighted by Crippen LogP contribution is 2.39. The van der Waals surface area contributed by atoms with Gasteiger partial charge in [0.1, 0.15) is 12.4 Å². The lowest BCUT2D eigenvalue weighted by Gasteiger charge is -2.38. The van der Waals surface area contributed by atoms with Crippen LogP contribution in [0.2, 0.25) is 10.0 Å². The summed E-state index contributed by atoms with van der Waals surface area (Å²) in [5.74, 6) is -0.382. The second kappa shape index (κ2) is 10.4. The molecule has 3 aromatic carbocycles. The Morgan fingerprint density at radius 1 is 1.03 bits per heavy atom. The molecule has 0 radical (unpaired) electrons. The van der Waals surface area contributed by atoms with Gasteiger partial charge in [-0.15, -0.1) is 0 Å². The predicted octanol–water partition coefficient (Wildman–Crippen LogP) is 6.46. The van der Waals surface area contributed by atoms with E-state index in [0.29, 0.717) is 29.6 Å². The van der Waals surface area contributed by atoms with Crippen LogP contribution in [-0.4, -0.2) is 29.1 Å². The molecule has 0 spiro atoms. The lowest BCUT2D eigenvalue weighted by atomic mass is 9.91. The molecule has 3 aromatic rings. The zero-order valence-electron chi connectivity index (χ0n) is 17.6. The average Bonchev–Trinajstić information content (AvgIpc) is 2.82. The molecule has 4 nitrogen and oxygen atoms in total. The molecule has 2 unspecified atom stereocenters. The summed E-state index contributed by atoms with van der Waals surface area (Å²) in [7, 11) is 0. The van der Waals surface area contributed by atoms with Crippen LogP contribution in [0.15, 0.2) is 72.8 Å². The highest BCUT2D eigenvalue weighted by atomic mass is 35.5. The van der Waals surface area contributed by atoms with Gasteiger partial charge in [-0.1, -0.05) is 77.8 Å². The van der Waals surface area contributed by atoms with Gasteiger partial charge in [-0.2, -0.15) is 0 Å². The number of ether oxygens (including phenoxy) is 1. The van der Waals surface area contributed by atoms with E-state index in [4.69, 9.17) is 27.9 Å². The Bertz CT molecular complexity index is 1070. The van der Waals surface area contributed by atoms with Crippen molar-refractivity contribution in [3.8, 4) is 5.75 Å². The van der Waals surface area contributed by atoms with E-state index in [1.54, 1.807) is 6.07 Å². The molecule has 32 heavy (non-hydrogen) atoms. The molecule has 0 saturated carbocycles. The van der Waals surface area contributed by atoms with Crippen molar-refractivity contribution in [3.05, 3.63) is 99.5 Å². The summed E-state index contributed by atoms with van der Waals surface area (Å²) in [6.45, 7) is 1.71. The van der Waals surface area contributed by atoms with Gasteiger partial charge in [0.05, 0.1) is 22.0 Å². The SMILES string of the molecule is O=C(O)C1CCCN(C(c2ccc(Cl)c(Cl)c2)c2ccccc2OCc2ccccc2)C1. The standard InChI is InChI=1S/C26H25Cl2NO3/c27-22-13-12-19(15-23(22)28)25(29-14-6-9-20(16-29)26(30)31)21-10-4-5-11-24(21)32-17-18-7-2-1-3-8-18/h1-5,7-8,10-13,15,20,25H,6,9,14,16-17H2,(H,30,31). The van der Waals surface area contributed by atoms with Crippen molar-refractivity contribution in [3.63, 3.8) is 0 Å². The van der Waals surface area contributed by atoms with Crippen LogP contribution in [0.5, 0.6) is 5.75 Å². The molecule has 0 amide bonds. The molecule has 4 rings (SSSR count). The Balaban J connectivity index is 1.71. The molecule has 1 aliphatic heterocycles. The molecule has 0 aromatic heterocycles. The molecule has 1 saturated heterocycles. The lowest BCUT2D eigenvalue weighted by Crippen LogP contribution is -2.41. The molecule has 1 heterocycles. The number of rotatable bonds is 7. The predicted molar refractivity (Wildman–Crippen MR) is 127 cm³/mol. The van der Waals surface area contributed by atoms with Crippen LogP contribution < -0.4 is 4.74 Å². The van der Waals surface area contributed by atoms with E-state index in [2.05, 4.69) is 4.90 Å². The number of para-hydroxylation sites is 1. The van der Waals surface area contributed by atoms with Crippen LogP contribution in [0.3, 0.4) is 0 Å². The maximum absolute atomic E-state index is 11.7. The monoisotopic (exact) mass is 469 g/mol. The summed E-state index contributed by atoms with van der Waals surface area (Å²) < 4.78 is 6.24. The van der Waals surface area contributed by atoms with Gasteiger partial charge in [0.2, 0.25) is 0 Å². The van der Waals surface area contributed by atoms with Gasteiger partial charge in [0.15, 0.2) is 0 Å². The smallest absolute Gasteiger partial charge is 0.307 e. The third kappa shape index (κ3) is 5.26. The fourth-order valence-electron chi connectivity index (χ4n) is 4.29. The number of halogens is 2. The van der Waals surface area contributed by atoms with E-state index in [1.807, 2.05) is 66.7 Å². The first-order valence-electron chi connectivity index (χ1n) is 10.7. The van der Waals surface area contributed by atoms with Crippen molar-refractivity contribution in [2.75, 3.05) is 13.1 Å². The van der Waals surface area contributed by atoms with Gasteiger partial charge in [-0.05, 0) is 48.7 Å². The second-order valence-electron chi connectivity index (χ2n) is 8.06. The number of piperidine rings is 1. The summed E-state index contributed by atoms with van der Waals surface area (Å²) >= 11 is 12.6. The Morgan fingerprint density at radius 2 is 1.78 bits per heavy atom. The van der Waals surface area contributed by atoms with Gasteiger partial charge in [0.25, 0.3) is 0 Å². The molecular weight excluding hydrogens is 445 g/mol. The Labute approximate surface area is 198 Å². The first-order valence-corrected chi connectivity index (χ1v) is 11.5. The molecule has 1 fully saturated rings. The number of aliphatic carboxylic acids is 1. The van der Waals surface area contributed by atoms with Crippen molar-refractivity contribution in [1.82, 2.24) is 4.90 Å². The summed E-state index contributed by atoms with van der Waals surface area (Å²) in [4.78, 5) is 13.9. The zero-order valence-corrected chi connectivity index (χ0v) is 19.1. The summed E-state index contributed by atoms with van der Waals surface area (Å²) in [5.41, 5.74) is 3.02. The maximum Gasteiger partial charge on any atom is 0.307 e. The first-order chi connectivity index (χ1) is 15.5. The van der Waals surface area contributed by atoms with E-state index in [-0.39, 0.29) is 6.04 Å². The topological polar surface area (TPSA) is 49.8 Å². The third-order valence-corrected chi connectivity index (χ3v) is 6.62. The molecule has 1 N–H and O–H groups in total. The highest BCUT2D eigenvalue weighted by Gasteiger charge is 2.32. The molecular formula is C26H25Cl2NO3. The number of hydrogen-bond donors (Lipinski definition) is 1. The van der Waals surface area contributed by atoms with E-state index in [1.165, 1.54) is 0 Å². The number of likely N-dealkylation sites (tertiary alicyclic amines) is 1. The van der Waals surface area contributed by atoms with Crippen molar-refractivity contribution in [2.24, 2.45) is 5.92 Å².